The zero-order chi connectivity index (χ0) is 33.3. The summed E-state index contributed by atoms with van der Waals surface area (Å²) in [6, 6.07) is 9.31. The minimum Gasteiger partial charge on any atom is -0.326 e. The number of nitrogens with zero attached hydrogens (tertiary/aromatic N) is 1. The molecule has 3 aromatic rings. The van der Waals surface area contributed by atoms with Crippen LogP contribution in [0, 0.1) is 34.7 Å². The third kappa shape index (κ3) is 7.46. The molecule has 1 fully saturated rings. The minimum atomic E-state index is -5.00. The first kappa shape index (κ1) is 33.9. The molecule has 0 saturated heterocycles. The van der Waals surface area contributed by atoms with Crippen molar-refractivity contribution in [3.05, 3.63) is 87.7 Å². The van der Waals surface area contributed by atoms with Gasteiger partial charge in [0.05, 0.1) is 33.8 Å². The summed E-state index contributed by atoms with van der Waals surface area (Å²) >= 11 is 18.6. The van der Waals surface area contributed by atoms with Gasteiger partial charge in [0, 0.05) is 24.4 Å². The Morgan fingerprint density at radius 1 is 0.933 bits per heavy atom. The normalized spacial score (nSPS) is 16.8. The Balaban J connectivity index is 1.50. The van der Waals surface area contributed by atoms with Gasteiger partial charge in [-0.25, -0.2) is 13.2 Å². The molecule has 0 aliphatic heterocycles. The van der Waals surface area contributed by atoms with Crippen LogP contribution in [0.15, 0.2) is 48.5 Å². The monoisotopic (exact) mass is 690 g/mol. The first-order valence-corrected chi connectivity index (χ1v) is 14.0. The summed E-state index contributed by atoms with van der Waals surface area (Å²) in [5.74, 6) is -8.90. The number of halogens is 9. The molecular formula is C29H19Cl3F6N4O3. The Morgan fingerprint density at radius 3 is 2.29 bits per heavy atom. The molecule has 16 heteroatoms. The lowest BCUT2D eigenvalue weighted by Gasteiger charge is -2.13. The molecule has 1 saturated carbocycles. The Bertz CT molecular complexity index is 1730. The molecule has 0 unspecified atom stereocenters. The summed E-state index contributed by atoms with van der Waals surface area (Å²) in [5.41, 5.74) is -3.31. The second-order valence-electron chi connectivity index (χ2n) is 9.85. The van der Waals surface area contributed by atoms with Gasteiger partial charge in [0.1, 0.15) is 21.7 Å². The van der Waals surface area contributed by atoms with Crippen molar-refractivity contribution in [3.63, 3.8) is 0 Å². The van der Waals surface area contributed by atoms with E-state index in [9.17, 15) is 36.3 Å². The first-order valence-electron chi connectivity index (χ1n) is 12.9. The average Bonchev–Trinajstić information content (AvgIpc) is 3.55. The number of hydrogen-bond donors (Lipinski definition) is 3. The van der Waals surface area contributed by atoms with Gasteiger partial charge in [-0.3, -0.25) is 14.4 Å². The largest absolute Gasteiger partial charge is 0.419 e. The standard InChI is InChI=1S/C29H19Cl3F6N4O3/c30-17-6-5-14(40-27(45)23-22(28(23,31)32)13-4-7-18(33)16(11-13)29(36,37)38)12-15(17)26(44)41-20-9-8-19(34)25(24(20)35)42-21(43)3-1-2-10-39/h4-9,11-12,22-23H,1-3H2,(H,40,45)(H,41,44)(H,42,43)/t22-,23+/m0/s1. The third-order valence-corrected chi connectivity index (χ3v) is 8.04. The summed E-state index contributed by atoms with van der Waals surface area (Å²) in [6.07, 6.45) is -4.95. The van der Waals surface area contributed by atoms with Gasteiger partial charge < -0.3 is 16.0 Å². The van der Waals surface area contributed by atoms with E-state index < -0.39 is 74.5 Å². The molecule has 0 bridgehead atoms. The summed E-state index contributed by atoms with van der Waals surface area (Å²) in [5, 5.41) is 15.1. The van der Waals surface area contributed by atoms with Crippen LogP contribution in [0.4, 0.5) is 43.4 Å². The van der Waals surface area contributed by atoms with E-state index in [2.05, 4.69) is 16.0 Å². The highest BCUT2D eigenvalue weighted by molar-refractivity contribution is 6.53. The number of benzene rings is 3. The molecule has 236 valence electrons. The van der Waals surface area contributed by atoms with Gasteiger partial charge in [0.2, 0.25) is 11.8 Å². The van der Waals surface area contributed by atoms with Crippen molar-refractivity contribution in [1.29, 1.82) is 5.26 Å². The van der Waals surface area contributed by atoms with E-state index in [4.69, 9.17) is 40.1 Å². The predicted octanol–water partition coefficient (Wildman–Crippen LogP) is 8.19. The Morgan fingerprint density at radius 2 is 1.62 bits per heavy atom. The molecular weight excluding hydrogens is 673 g/mol. The van der Waals surface area contributed by atoms with Gasteiger partial charge in [-0.15, -0.1) is 23.2 Å². The van der Waals surface area contributed by atoms with Crippen molar-refractivity contribution < 1.29 is 40.7 Å². The van der Waals surface area contributed by atoms with E-state index in [1.54, 1.807) is 0 Å². The number of carbonyl (C=O) groups excluding carboxylic acids is 3. The Hall–Kier alpha value is -3.99. The minimum absolute atomic E-state index is 0.0238. The summed E-state index contributed by atoms with van der Waals surface area (Å²) in [6.45, 7) is 0. The van der Waals surface area contributed by atoms with Crippen LogP contribution < -0.4 is 16.0 Å². The number of nitrogens with one attached hydrogen (secondary N) is 3. The van der Waals surface area contributed by atoms with Gasteiger partial charge in [-0.2, -0.15) is 18.4 Å². The molecule has 45 heavy (non-hydrogen) atoms. The van der Waals surface area contributed by atoms with Crippen LogP contribution in [0.3, 0.4) is 0 Å². The van der Waals surface area contributed by atoms with Crippen LogP contribution >= 0.6 is 34.8 Å². The van der Waals surface area contributed by atoms with Crippen LogP contribution in [0.1, 0.15) is 46.7 Å². The van der Waals surface area contributed by atoms with E-state index >= 15 is 4.39 Å². The van der Waals surface area contributed by atoms with Gasteiger partial charge in [0.15, 0.2) is 5.82 Å². The number of hydrogen-bond acceptors (Lipinski definition) is 4. The average molecular weight is 692 g/mol. The van der Waals surface area contributed by atoms with E-state index in [0.29, 0.717) is 12.1 Å². The van der Waals surface area contributed by atoms with Crippen molar-refractivity contribution in [2.45, 2.75) is 35.7 Å². The summed E-state index contributed by atoms with van der Waals surface area (Å²) in [7, 11) is 0. The number of alkyl halides is 5. The van der Waals surface area contributed by atoms with Crippen LogP contribution in [-0.4, -0.2) is 22.1 Å². The van der Waals surface area contributed by atoms with Gasteiger partial charge in [-0.05, 0) is 54.4 Å². The lowest BCUT2D eigenvalue weighted by atomic mass is 10.0. The van der Waals surface area contributed by atoms with E-state index in [1.165, 1.54) is 12.1 Å². The third-order valence-electron chi connectivity index (χ3n) is 6.77. The molecule has 0 heterocycles. The molecule has 1 aliphatic carbocycles. The van der Waals surface area contributed by atoms with Gasteiger partial charge in [-0.1, -0.05) is 17.7 Å². The number of unbranched alkanes of at least 4 members (excludes halogenated alkanes) is 1. The molecule has 1 aliphatic rings. The number of amides is 3. The summed E-state index contributed by atoms with van der Waals surface area (Å²) in [4.78, 5) is 38.0. The topological polar surface area (TPSA) is 111 Å². The zero-order valence-corrected chi connectivity index (χ0v) is 24.7. The maximum atomic E-state index is 15.0. The Kier molecular flexibility index (Phi) is 9.91. The number of rotatable bonds is 9. The highest BCUT2D eigenvalue weighted by atomic mass is 35.5. The van der Waals surface area contributed by atoms with Crippen LogP contribution in [0.2, 0.25) is 5.02 Å². The second-order valence-corrected chi connectivity index (χ2v) is 11.7. The highest BCUT2D eigenvalue weighted by Gasteiger charge is 2.67. The number of carbonyl (C=O) groups is 3. The fourth-order valence-electron chi connectivity index (χ4n) is 4.50. The predicted molar refractivity (Wildman–Crippen MR) is 155 cm³/mol. The fraction of sp³-hybridized carbons (Fsp3) is 0.241. The maximum Gasteiger partial charge on any atom is 0.419 e. The van der Waals surface area contributed by atoms with Crippen molar-refractivity contribution in [1.82, 2.24) is 0 Å². The van der Waals surface area contributed by atoms with E-state index in [1.807, 2.05) is 6.07 Å². The summed E-state index contributed by atoms with van der Waals surface area (Å²) < 4.78 is 80.8. The molecule has 0 radical (unpaired) electrons. The number of anilines is 3. The molecule has 3 amide bonds. The van der Waals surface area contributed by atoms with Crippen LogP contribution in [0.25, 0.3) is 0 Å². The van der Waals surface area contributed by atoms with Crippen LogP contribution in [0.5, 0.6) is 0 Å². The lowest BCUT2D eigenvalue weighted by Crippen LogP contribution is -2.19. The van der Waals surface area contributed by atoms with Crippen molar-refractivity contribution >= 4 is 69.6 Å². The SMILES string of the molecule is N#CCCCC(=O)Nc1c(F)ccc(NC(=O)c2cc(NC(=O)[C@H]3[C@H](c4ccc(F)c(C(F)(F)F)c4)C3(Cl)Cl)ccc2Cl)c1F. The quantitative estimate of drug-likeness (QED) is 0.119. The van der Waals surface area contributed by atoms with E-state index in [0.717, 1.165) is 24.3 Å². The molecule has 0 aromatic heterocycles. The Labute approximate surface area is 266 Å². The molecule has 3 N–H and O–H groups in total. The fourth-order valence-corrected chi connectivity index (χ4v) is 5.53. The van der Waals surface area contributed by atoms with Gasteiger partial charge >= 0.3 is 6.18 Å². The number of nitriles is 1. The maximum absolute atomic E-state index is 15.0. The lowest BCUT2D eigenvalue weighted by molar-refractivity contribution is -0.140. The van der Waals surface area contributed by atoms with Crippen molar-refractivity contribution in [2.24, 2.45) is 5.92 Å². The van der Waals surface area contributed by atoms with E-state index in [-0.39, 0.29) is 41.1 Å². The zero-order valence-electron chi connectivity index (χ0n) is 22.5. The van der Waals surface area contributed by atoms with Crippen molar-refractivity contribution in [2.75, 3.05) is 16.0 Å². The molecule has 0 spiro atoms. The molecule has 4 rings (SSSR count). The molecule has 2 atom stereocenters. The van der Waals surface area contributed by atoms with Crippen molar-refractivity contribution in [3.8, 4) is 6.07 Å². The van der Waals surface area contributed by atoms with Gasteiger partial charge in [0.25, 0.3) is 5.91 Å². The molecule has 7 nitrogen and oxygen atoms in total. The van der Waals surface area contributed by atoms with Crippen LogP contribution in [-0.2, 0) is 15.8 Å². The highest BCUT2D eigenvalue weighted by Crippen LogP contribution is 2.65. The molecule has 3 aromatic carbocycles. The smallest absolute Gasteiger partial charge is 0.326 e. The second kappa shape index (κ2) is 13.2. The first-order chi connectivity index (χ1) is 21.1.